The Morgan fingerprint density at radius 2 is 1.52 bits per heavy atom. The van der Waals surface area contributed by atoms with Gasteiger partial charge in [0.2, 0.25) is 5.91 Å². The number of hydrogen-bond acceptors (Lipinski definition) is 3. The largest absolute Gasteiger partial charge is 0.342 e. The average Bonchev–Trinajstić information content (AvgIpc) is 2.77. The first-order chi connectivity index (χ1) is 14.0. The van der Waals surface area contributed by atoms with Gasteiger partial charge >= 0.3 is 0 Å². The highest BCUT2D eigenvalue weighted by atomic mass is 35.5. The van der Waals surface area contributed by atoms with Crippen molar-refractivity contribution in [2.45, 2.75) is 31.2 Å². The number of piperidine rings is 1. The molecule has 1 saturated heterocycles. The summed E-state index contributed by atoms with van der Waals surface area (Å²) in [5.74, 6) is 0.410. The van der Waals surface area contributed by atoms with Gasteiger partial charge in [-0.2, -0.15) is 0 Å². The Bertz CT molecular complexity index is 778. The quantitative estimate of drug-likeness (QED) is 0.651. The van der Waals surface area contributed by atoms with Crippen LogP contribution in [0.15, 0.2) is 60.7 Å². The molecule has 1 aliphatic heterocycles. The maximum atomic E-state index is 13.5. The third-order valence-corrected chi connectivity index (χ3v) is 6.74. The number of nitrogens with one attached hydrogen (secondary N) is 1. The van der Waals surface area contributed by atoms with Gasteiger partial charge in [0.15, 0.2) is 0 Å². The Morgan fingerprint density at radius 3 is 2.00 bits per heavy atom. The summed E-state index contributed by atoms with van der Waals surface area (Å²) in [6.07, 6.45) is 1.92. The van der Waals surface area contributed by atoms with E-state index in [1.165, 1.54) is 11.1 Å². The maximum Gasteiger partial charge on any atom is 0.227 e. The van der Waals surface area contributed by atoms with Crippen molar-refractivity contribution in [3.63, 3.8) is 0 Å². The smallest absolute Gasteiger partial charge is 0.227 e. The second kappa shape index (κ2) is 12.4. The van der Waals surface area contributed by atoms with Gasteiger partial charge in [-0.25, -0.2) is 0 Å². The van der Waals surface area contributed by atoms with Crippen LogP contribution >= 0.6 is 24.8 Å². The minimum Gasteiger partial charge on any atom is -0.342 e. The van der Waals surface area contributed by atoms with Crippen molar-refractivity contribution in [2.75, 3.05) is 40.8 Å². The SMILES string of the molecule is CNCC(C(=O)N1CCC(c2ccccc2)(N(C)C)CC1)C(C)c1ccccc1.Cl.Cl. The van der Waals surface area contributed by atoms with E-state index in [1.807, 2.05) is 13.1 Å². The zero-order valence-corrected chi connectivity index (χ0v) is 20.7. The standard InChI is InChI=1S/C25H35N3O.2ClH/c1-20(21-11-7-5-8-12-21)23(19-26-2)24(29)28-17-15-25(16-18-28,27(3)4)22-13-9-6-10-14-22;;/h5-14,20,23,26H,15-19H2,1-4H3;2*1H. The highest BCUT2D eigenvalue weighted by Crippen LogP contribution is 2.38. The van der Waals surface area contributed by atoms with E-state index in [9.17, 15) is 4.79 Å². The molecule has 0 saturated carbocycles. The summed E-state index contributed by atoms with van der Waals surface area (Å²) in [7, 11) is 6.25. The van der Waals surface area contributed by atoms with E-state index in [2.05, 4.69) is 90.7 Å². The number of carbonyl (C=O) groups excluding carboxylic acids is 1. The molecule has 1 amide bonds. The summed E-state index contributed by atoms with van der Waals surface area (Å²) in [6, 6.07) is 21.1. The molecule has 2 unspecified atom stereocenters. The first-order valence-electron chi connectivity index (χ1n) is 10.7. The van der Waals surface area contributed by atoms with E-state index >= 15 is 0 Å². The number of benzene rings is 2. The van der Waals surface area contributed by atoms with Gasteiger partial charge in [-0.05, 0) is 51.0 Å². The van der Waals surface area contributed by atoms with Crippen LogP contribution in [0.4, 0.5) is 0 Å². The van der Waals surface area contributed by atoms with E-state index in [0.29, 0.717) is 6.54 Å². The van der Waals surface area contributed by atoms with Gasteiger partial charge in [-0.3, -0.25) is 9.69 Å². The van der Waals surface area contributed by atoms with E-state index < -0.39 is 0 Å². The van der Waals surface area contributed by atoms with Crippen LogP contribution in [0.2, 0.25) is 0 Å². The molecule has 2 atom stereocenters. The third kappa shape index (κ3) is 6.01. The lowest BCUT2D eigenvalue weighted by atomic mass is 9.79. The second-order valence-electron chi connectivity index (χ2n) is 8.48. The monoisotopic (exact) mass is 465 g/mol. The molecule has 2 aromatic carbocycles. The lowest BCUT2D eigenvalue weighted by Crippen LogP contribution is -2.53. The summed E-state index contributed by atoms with van der Waals surface area (Å²) in [5.41, 5.74) is 2.58. The second-order valence-corrected chi connectivity index (χ2v) is 8.48. The molecule has 0 aliphatic carbocycles. The highest BCUT2D eigenvalue weighted by Gasteiger charge is 2.40. The van der Waals surface area contributed by atoms with Crippen molar-refractivity contribution in [1.82, 2.24) is 15.1 Å². The summed E-state index contributed by atoms with van der Waals surface area (Å²) < 4.78 is 0. The highest BCUT2D eigenvalue weighted by molar-refractivity contribution is 5.85. The summed E-state index contributed by atoms with van der Waals surface area (Å²) in [5, 5.41) is 3.24. The average molecular weight is 466 g/mol. The van der Waals surface area contributed by atoms with E-state index in [1.54, 1.807) is 0 Å². The molecule has 0 bridgehead atoms. The van der Waals surface area contributed by atoms with E-state index in [4.69, 9.17) is 0 Å². The van der Waals surface area contributed by atoms with Gasteiger partial charge < -0.3 is 10.2 Å². The number of likely N-dealkylation sites (tertiary alicyclic amines) is 1. The van der Waals surface area contributed by atoms with Crippen molar-refractivity contribution < 1.29 is 4.79 Å². The Labute approximate surface area is 200 Å². The Morgan fingerprint density at radius 1 is 1.00 bits per heavy atom. The number of rotatable bonds is 7. The number of amides is 1. The fourth-order valence-electron chi connectivity index (χ4n) is 4.76. The molecule has 0 aromatic heterocycles. The van der Waals surface area contributed by atoms with Crippen LogP contribution in [0.25, 0.3) is 0 Å². The van der Waals surface area contributed by atoms with Crippen LogP contribution in [0.5, 0.6) is 0 Å². The van der Waals surface area contributed by atoms with Gasteiger partial charge in [0, 0.05) is 25.2 Å². The Hall–Kier alpha value is -1.59. The summed E-state index contributed by atoms with van der Waals surface area (Å²) >= 11 is 0. The lowest BCUT2D eigenvalue weighted by molar-refractivity contribution is -0.138. The molecule has 0 spiro atoms. The molecule has 31 heavy (non-hydrogen) atoms. The Balaban J connectivity index is 0.00000240. The van der Waals surface area contributed by atoms with Gasteiger partial charge in [0.1, 0.15) is 0 Å². The molecular formula is C25H37Cl2N3O. The maximum absolute atomic E-state index is 13.5. The first kappa shape index (κ1) is 27.4. The normalized spacial score (nSPS) is 17.3. The topological polar surface area (TPSA) is 35.6 Å². The van der Waals surface area contributed by atoms with Gasteiger partial charge in [-0.1, -0.05) is 67.6 Å². The number of hydrogen-bond donors (Lipinski definition) is 1. The molecule has 6 heteroatoms. The molecule has 3 rings (SSSR count). The van der Waals surface area contributed by atoms with Crippen LogP contribution in [-0.2, 0) is 10.3 Å². The molecular weight excluding hydrogens is 429 g/mol. The molecule has 1 heterocycles. The Kier molecular flexibility index (Phi) is 11.0. The van der Waals surface area contributed by atoms with Crippen molar-refractivity contribution in [1.29, 1.82) is 0 Å². The van der Waals surface area contributed by atoms with Crippen LogP contribution in [-0.4, -0.2) is 56.5 Å². The fraction of sp³-hybridized carbons (Fsp3) is 0.480. The minimum absolute atomic E-state index is 0. The van der Waals surface area contributed by atoms with Gasteiger partial charge in [-0.15, -0.1) is 24.8 Å². The number of halogens is 2. The minimum atomic E-state index is -0.0500. The zero-order valence-electron chi connectivity index (χ0n) is 19.1. The molecule has 172 valence electrons. The van der Waals surface area contributed by atoms with Crippen molar-refractivity contribution in [3.05, 3.63) is 71.8 Å². The molecule has 2 aromatic rings. The predicted octanol–water partition coefficient (Wildman–Crippen LogP) is 4.55. The van der Waals surface area contributed by atoms with Crippen LogP contribution < -0.4 is 5.32 Å². The van der Waals surface area contributed by atoms with Crippen LogP contribution in [0.1, 0.15) is 36.8 Å². The predicted molar refractivity (Wildman–Crippen MR) is 134 cm³/mol. The molecule has 0 radical (unpaired) electrons. The van der Waals surface area contributed by atoms with Gasteiger partial charge in [0.25, 0.3) is 0 Å². The summed E-state index contributed by atoms with van der Waals surface area (Å²) in [4.78, 5) is 17.9. The van der Waals surface area contributed by atoms with Crippen LogP contribution in [0.3, 0.4) is 0 Å². The molecule has 1 fully saturated rings. The summed E-state index contributed by atoms with van der Waals surface area (Å²) in [6.45, 7) is 4.47. The zero-order chi connectivity index (χ0) is 20.9. The molecule has 1 aliphatic rings. The fourth-order valence-corrected chi connectivity index (χ4v) is 4.76. The van der Waals surface area contributed by atoms with Crippen LogP contribution in [0, 0.1) is 5.92 Å². The molecule has 1 N–H and O–H groups in total. The third-order valence-electron chi connectivity index (χ3n) is 6.74. The lowest BCUT2D eigenvalue weighted by Gasteiger charge is -2.47. The van der Waals surface area contributed by atoms with Crippen molar-refractivity contribution in [2.24, 2.45) is 5.92 Å². The van der Waals surface area contributed by atoms with E-state index in [0.717, 1.165) is 25.9 Å². The van der Waals surface area contributed by atoms with Crippen molar-refractivity contribution in [3.8, 4) is 0 Å². The van der Waals surface area contributed by atoms with E-state index in [-0.39, 0.29) is 48.1 Å². The number of carbonyl (C=O) groups is 1. The molecule has 4 nitrogen and oxygen atoms in total. The first-order valence-corrected chi connectivity index (χ1v) is 10.7. The van der Waals surface area contributed by atoms with Crippen molar-refractivity contribution >= 4 is 30.7 Å². The van der Waals surface area contributed by atoms with Gasteiger partial charge in [0.05, 0.1) is 5.92 Å². The number of nitrogens with zero attached hydrogens (tertiary/aromatic N) is 2.